The SMILES string of the molecule is CCOc1ccc(C(=O)CC(C)CC(C)C)cc1. The average Bonchev–Trinajstić information content (AvgIpc) is 2.29. The molecular formula is C16H24O2. The van der Waals surface area contributed by atoms with Gasteiger partial charge in [0.1, 0.15) is 5.75 Å². The van der Waals surface area contributed by atoms with E-state index in [1.807, 2.05) is 31.2 Å². The van der Waals surface area contributed by atoms with Crippen molar-refractivity contribution in [2.24, 2.45) is 11.8 Å². The summed E-state index contributed by atoms with van der Waals surface area (Å²) in [6, 6.07) is 7.44. The molecule has 0 fully saturated rings. The van der Waals surface area contributed by atoms with Crippen molar-refractivity contribution >= 4 is 5.78 Å². The summed E-state index contributed by atoms with van der Waals surface area (Å²) in [4.78, 5) is 12.1. The molecule has 2 nitrogen and oxygen atoms in total. The summed E-state index contributed by atoms with van der Waals surface area (Å²) in [7, 11) is 0. The number of ether oxygens (including phenoxy) is 1. The highest BCUT2D eigenvalue weighted by molar-refractivity contribution is 5.96. The topological polar surface area (TPSA) is 26.3 Å². The van der Waals surface area contributed by atoms with Gasteiger partial charge in [-0.2, -0.15) is 0 Å². The van der Waals surface area contributed by atoms with Crippen LogP contribution >= 0.6 is 0 Å². The van der Waals surface area contributed by atoms with Crippen LogP contribution in [0.3, 0.4) is 0 Å². The highest BCUT2D eigenvalue weighted by atomic mass is 16.5. The molecule has 1 rings (SSSR count). The molecule has 0 amide bonds. The highest BCUT2D eigenvalue weighted by Crippen LogP contribution is 2.19. The maximum Gasteiger partial charge on any atom is 0.163 e. The lowest BCUT2D eigenvalue weighted by atomic mass is 9.92. The van der Waals surface area contributed by atoms with E-state index >= 15 is 0 Å². The van der Waals surface area contributed by atoms with E-state index in [9.17, 15) is 4.79 Å². The number of hydrogen-bond acceptors (Lipinski definition) is 2. The third-order valence-electron chi connectivity index (χ3n) is 2.89. The summed E-state index contributed by atoms with van der Waals surface area (Å²) in [6.45, 7) is 9.13. The van der Waals surface area contributed by atoms with Gasteiger partial charge in [-0.15, -0.1) is 0 Å². The zero-order chi connectivity index (χ0) is 13.5. The molecule has 0 aliphatic carbocycles. The zero-order valence-corrected chi connectivity index (χ0v) is 11.9. The van der Waals surface area contributed by atoms with Crippen molar-refractivity contribution in [2.45, 2.75) is 40.5 Å². The molecular weight excluding hydrogens is 224 g/mol. The molecule has 0 radical (unpaired) electrons. The molecule has 0 aliphatic heterocycles. The molecule has 0 bridgehead atoms. The Hall–Kier alpha value is -1.31. The first-order chi connectivity index (χ1) is 8.52. The van der Waals surface area contributed by atoms with Gasteiger partial charge in [-0.05, 0) is 49.4 Å². The van der Waals surface area contributed by atoms with Crippen LogP contribution in [0.25, 0.3) is 0 Å². The van der Waals surface area contributed by atoms with Gasteiger partial charge >= 0.3 is 0 Å². The van der Waals surface area contributed by atoms with Crippen molar-refractivity contribution in [2.75, 3.05) is 6.61 Å². The Morgan fingerprint density at radius 3 is 2.28 bits per heavy atom. The van der Waals surface area contributed by atoms with Gasteiger partial charge in [-0.1, -0.05) is 20.8 Å². The van der Waals surface area contributed by atoms with Gasteiger partial charge in [0.05, 0.1) is 6.61 Å². The summed E-state index contributed by atoms with van der Waals surface area (Å²) < 4.78 is 5.36. The fourth-order valence-electron chi connectivity index (χ4n) is 2.23. The number of rotatable bonds is 7. The average molecular weight is 248 g/mol. The van der Waals surface area contributed by atoms with Gasteiger partial charge in [-0.25, -0.2) is 0 Å². The zero-order valence-electron chi connectivity index (χ0n) is 11.9. The molecule has 1 aromatic carbocycles. The predicted molar refractivity (Wildman–Crippen MR) is 75.2 cm³/mol. The van der Waals surface area contributed by atoms with E-state index in [1.54, 1.807) is 0 Å². The first-order valence-electron chi connectivity index (χ1n) is 6.79. The van der Waals surface area contributed by atoms with Crippen LogP contribution in [0.2, 0.25) is 0 Å². The number of ketones is 1. The highest BCUT2D eigenvalue weighted by Gasteiger charge is 2.12. The van der Waals surface area contributed by atoms with Crippen LogP contribution in [0.1, 0.15) is 50.9 Å². The minimum atomic E-state index is 0.228. The van der Waals surface area contributed by atoms with Crippen LogP contribution in [0.4, 0.5) is 0 Å². The lowest BCUT2D eigenvalue weighted by Gasteiger charge is -2.13. The number of Topliss-reactive ketones (excluding diaryl/α,β-unsaturated/α-hetero) is 1. The number of carbonyl (C=O) groups excluding carboxylic acids is 1. The number of benzene rings is 1. The number of carbonyl (C=O) groups is 1. The Labute approximate surface area is 110 Å². The Morgan fingerprint density at radius 1 is 1.17 bits per heavy atom. The van der Waals surface area contributed by atoms with Crippen LogP contribution in [0, 0.1) is 11.8 Å². The predicted octanol–water partition coefficient (Wildman–Crippen LogP) is 4.34. The van der Waals surface area contributed by atoms with Crippen molar-refractivity contribution < 1.29 is 9.53 Å². The van der Waals surface area contributed by atoms with Crippen molar-refractivity contribution in [3.8, 4) is 5.75 Å². The third kappa shape index (κ3) is 4.91. The summed E-state index contributed by atoms with van der Waals surface area (Å²) in [5.74, 6) is 2.15. The second-order valence-electron chi connectivity index (χ2n) is 5.32. The summed E-state index contributed by atoms with van der Waals surface area (Å²) in [5, 5.41) is 0. The van der Waals surface area contributed by atoms with E-state index in [0.717, 1.165) is 17.7 Å². The maximum absolute atomic E-state index is 12.1. The van der Waals surface area contributed by atoms with Crippen molar-refractivity contribution in [3.63, 3.8) is 0 Å². The van der Waals surface area contributed by atoms with Gasteiger partial charge in [0.15, 0.2) is 5.78 Å². The fraction of sp³-hybridized carbons (Fsp3) is 0.562. The minimum absolute atomic E-state index is 0.228. The van der Waals surface area contributed by atoms with Crippen LogP contribution in [-0.2, 0) is 0 Å². The standard InChI is InChI=1S/C16H24O2/c1-5-18-15-8-6-14(7-9-15)16(17)11-13(4)10-12(2)3/h6-9,12-13H,5,10-11H2,1-4H3. The van der Waals surface area contributed by atoms with E-state index in [-0.39, 0.29) is 5.78 Å². The Balaban J connectivity index is 2.56. The molecule has 100 valence electrons. The Morgan fingerprint density at radius 2 is 1.78 bits per heavy atom. The molecule has 18 heavy (non-hydrogen) atoms. The summed E-state index contributed by atoms with van der Waals surface area (Å²) >= 11 is 0. The van der Waals surface area contributed by atoms with Gasteiger partial charge in [0, 0.05) is 12.0 Å². The fourth-order valence-corrected chi connectivity index (χ4v) is 2.23. The van der Waals surface area contributed by atoms with Crippen molar-refractivity contribution in [3.05, 3.63) is 29.8 Å². The van der Waals surface area contributed by atoms with Crippen LogP contribution < -0.4 is 4.74 Å². The first kappa shape index (κ1) is 14.7. The van der Waals surface area contributed by atoms with Crippen LogP contribution in [0.5, 0.6) is 5.75 Å². The smallest absolute Gasteiger partial charge is 0.163 e. The summed E-state index contributed by atoms with van der Waals surface area (Å²) in [6.07, 6.45) is 1.73. The minimum Gasteiger partial charge on any atom is -0.494 e. The third-order valence-corrected chi connectivity index (χ3v) is 2.89. The maximum atomic E-state index is 12.1. The molecule has 0 aliphatic rings. The molecule has 0 spiro atoms. The first-order valence-corrected chi connectivity index (χ1v) is 6.79. The lowest BCUT2D eigenvalue weighted by Crippen LogP contribution is -2.08. The van der Waals surface area contributed by atoms with Crippen molar-refractivity contribution in [1.82, 2.24) is 0 Å². The molecule has 0 saturated heterocycles. The van der Waals surface area contributed by atoms with Gasteiger partial charge in [0.25, 0.3) is 0 Å². The normalized spacial score (nSPS) is 12.5. The second-order valence-corrected chi connectivity index (χ2v) is 5.32. The van der Waals surface area contributed by atoms with Crippen LogP contribution in [0.15, 0.2) is 24.3 Å². The van der Waals surface area contributed by atoms with E-state index in [4.69, 9.17) is 4.74 Å². The van der Waals surface area contributed by atoms with Crippen molar-refractivity contribution in [1.29, 1.82) is 0 Å². The van der Waals surface area contributed by atoms with Gasteiger partial charge in [0.2, 0.25) is 0 Å². The molecule has 0 aromatic heterocycles. The molecule has 1 unspecified atom stereocenters. The quantitative estimate of drug-likeness (QED) is 0.671. The number of hydrogen-bond donors (Lipinski definition) is 0. The molecule has 0 saturated carbocycles. The lowest BCUT2D eigenvalue weighted by molar-refractivity contribution is 0.0960. The van der Waals surface area contributed by atoms with E-state index < -0.39 is 0 Å². The molecule has 2 heteroatoms. The summed E-state index contributed by atoms with van der Waals surface area (Å²) in [5.41, 5.74) is 0.786. The molecule has 0 heterocycles. The largest absolute Gasteiger partial charge is 0.494 e. The molecule has 0 N–H and O–H groups in total. The van der Waals surface area contributed by atoms with E-state index in [0.29, 0.717) is 24.9 Å². The Bertz CT molecular complexity index is 365. The molecule has 1 aromatic rings. The van der Waals surface area contributed by atoms with E-state index in [1.165, 1.54) is 0 Å². The van der Waals surface area contributed by atoms with Crippen LogP contribution in [-0.4, -0.2) is 12.4 Å². The van der Waals surface area contributed by atoms with Gasteiger partial charge in [-0.3, -0.25) is 4.79 Å². The monoisotopic (exact) mass is 248 g/mol. The Kier molecular flexibility index (Phi) is 5.90. The second kappa shape index (κ2) is 7.20. The van der Waals surface area contributed by atoms with Gasteiger partial charge < -0.3 is 4.74 Å². The molecule has 1 atom stereocenters. The van der Waals surface area contributed by atoms with E-state index in [2.05, 4.69) is 20.8 Å².